The molecule has 0 saturated heterocycles. The van der Waals surface area contributed by atoms with Crippen LogP contribution >= 0.6 is 11.6 Å². The summed E-state index contributed by atoms with van der Waals surface area (Å²) < 4.78 is 14.9. The summed E-state index contributed by atoms with van der Waals surface area (Å²) in [7, 11) is 1.58. The predicted octanol–water partition coefficient (Wildman–Crippen LogP) is 5.67. The number of hydrogen-bond acceptors (Lipinski definition) is 5. The summed E-state index contributed by atoms with van der Waals surface area (Å²) in [4.78, 5) is 17.3. The van der Waals surface area contributed by atoms with Gasteiger partial charge in [0, 0.05) is 36.2 Å². The van der Waals surface area contributed by atoms with Gasteiger partial charge in [-0.05, 0) is 55.7 Å². The van der Waals surface area contributed by atoms with E-state index in [1.54, 1.807) is 30.0 Å². The average Bonchev–Trinajstić information content (AvgIpc) is 3.43. The van der Waals surface area contributed by atoms with Crippen molar-refractivity contribution in [1.82, 2.24) is 19.3 Å². The Labute approximate surface area is 202 Å². The van der Waals surface area contributed by atoms with E-state index in [-0.39, 0.29) is 6.61 Å². The normalized spacial score (nSPS) is 13.0. The minimum absolute atomic E-state index is 0.155. The molecule has 8 nitrogen and oxygen atoms in total. The van der Waals surface area contributed by atoms with Crippen LogP contribution < -0.4 is 10.1 Å². The number of carbonyl (C=O) groups is 1. The molecular formula is C25H26ClN5O3. The van der Waals surface area contributed by atoms with Gasteiger partial charge in [0.25, 0.3) is 0 Å². The number of benzene rings is 2. The highest BCUT2D eigenvalue weighted by Gasteiger charge is 2.17. The van der Waals surface area contributed by atoms with E-state index in [2.05, 4.69) is 21.0 Å². The van der Waals surface area contributed by atoms with Gasteiger partial charge in [-0.25, -0.2) is 14.5 Å². The number of fused-ring (bicyclic) bond motifs is 3. The van der Waals surface area contributed by atoms with Crippen LogP contribution in [0, 0.1) is 0 Å². The fourth-order valence-corrected chi connectivity index (χ4v) is 4.53. The van der Waals surface area contributed by atoms with Crippen LogP contribution in [0.15, 0.2) is 42.5 Å². The summed E-state index contributed by atoms with van der Waals surface area (Å²) in [5.74, 6) is 2.29. The first-order chi connectivity index (χ1) is 16.6. The predicted molar refractivity (Wildman–Crippen MR) is 131 cm³/mol. The van der Waals surface area contributed by atoms with E-state index in [4.69, 9.17) is 26.1 Å². The molecule has 9 heteroatoms. The number of anilines is 1. The van der Waals surface area contributed by atoms with Crippen molar-refractivity contribution in [2.75, 3.05) is 12.4 Å². The molecule has 3 heterocycles. The van der Waals surface area contributed by atoms with Crippen LogP contribution in [-0.2, 0) is 30.9 Å². The second kappa shape index (κ2) is 9.38. The SMILES string of the molecule is CCn1nc(-c2ccc(Cl)cc2OC)cc1NC(=O)OCc1ccc2c(c1)nc1n2CCCC1. The van der Waals surface area contributed by atoms with E-state index in [0.717, 1.165) is 41.0 Å². The van der Waals surface area contributed by atoms with Gasteiger partial charge >= 0.3 is 6.09 Å². The van der Waals surface area contributed by atoms with Crippen LogP contribution in [0.4, 0.5) is 10.6 Å². The van der Waals surface area contributed by atoms with Crippen molar-refractivity contribution in [3.63, 3.8) is 0 Å². The van der Waals surface area contributed by atoms with E-state index >= 15 is 0 Å². The number of nitrogens with one attached hydrogen (secondary N) is 1. The average molecular weight is 480 g/mol. The number of hydrogen-bond donors (Lipinski definition) is 1. The lowest BCUT2D eigenvalue weighted by atomic mass is 10.1. The van der Waals surface area contributed by atoms with Crippen LogP contribution in [0.5, 0.6) is 5.75 Å². The summed E-state index contributed by atoms with van der Waals surface area (Å²) in [6, 6.07) is 13.2. The van der Waals surface area contributed by atoms with Crippen molar-refractivity contribution in [3.8, 4) is 17.0 Å². The number of carbonyl (C=O) groups excluding carboxylic acids is 1. The second-order valence-electron chi connectivity index (χ2n) is 8.24. The first-order valence-electron chi connectivity index (χ1n) is 11.4. The summed E-state index contributed by atoms with van der Waals surface area (Å²) >= 11 is 6.08. The van der Waals surface area contributed by atoms with E-state index in [1.165, 1.54) is 12.8 Å². The highest BCUT2D eigenvalue weighted by molar-refractivity contribution is 6.30. The number of aryl methyl sites for hydroxylation is 3. The fourth-order valence-electron chi connectivity index (χ4n) is 4.36. The molecule has 176 valence electrons. The summed E-state index contributed by atoms with van der Waals surface area (Å²) in [5.41, 5.74) is 4.43. The van der Waals surface area contributed by atoms with Crippen molar-refractivity contribution in [2.24, 2.45) is 0 Å². The summed E-state index contributed by atoms with van der Waals surface area (Å²) in [6.45, 7) is 3.69. The Kier molecular flexibility index (Phi) is 6.15. The third-order valence-electron chi connectivity index (χ3n) is 6.04. The van der Waals surface area contributed by atoms with Gasteiger partial charge in [-0.15, -0.1) is 0 Å². The molecule has 1 aliphatic heterocycles. The molecule has 1 amide bonds. The maximum absolute atomic E-state index is 12.6. The molecule has 0 saturated carbocycles. The zero-order chi connectivity index (χ0) is 23.7. The number of amides is 1. The Hall–Kier alpha value is -3.52. The van der Waals surface area contributed by atoms with Gasteiger partial charge in [0.2, 0.25) is 0 Å². The van der Waals surface area contributed by atoms with Crippen molar-refractivity contribution >= 4 is 34.5 Å². The molecule has 5 rings (SSSR count). The molecule has 4 aromatic rings. The molecule has 0 atom stereocenters. The maximum atomic E-state index is 12.6. The van der Waals surface area contributed by atoms with Crippen LogP contribution in [-0.4, -0.2) is 32.5 Å². The minimum atomic E-state index is -0.548. The Morgan fingerprint density at radius 3 is 2.88 bits per heavy atom. The molecule has 2 aromatic carbocycles. The number of aromatic nitrogens is 4. The smallest absolute Gasteiger partial charge is 0.413 e. The maximum Gasteiger partial charge on any atom is 0.413 e. The van der Waals surface area contributed by atoms with E-state index in [0.29, 0.717) is 28.8 Å². The van der Waals surface area contributed by atoms with Gasteiger partial charge in [-0.3, -0.25) is 5.32 Å². The fraction of sp³-hybridized carbons (Fsp3) is 0.320. The molecule has 0 spiro atoms. The Balaban J connectivity index is 1.28. The molecule has 0 radical (unpaired) electrons. The van der Waals surface area contributed by atoms with Gasteiger partial charge in [0.1, 0.15) is 24.0 Å². The number of methoxy groups -OCH3 is 1. The second-order valence-corrected chi connectivity index (χ2v) is 8.67. The molecule has 1 N–H and O–H groups in total. The lowest BCUT2D eigenvalue weighted by Crippen LogP contribution is -2.16. The molecular weight excluding hydrogens is 454 g/mol. The van der Waals surface area contributed by atoms with Crippen LogP contribution in [0.1, 0.15) is 31.2 Å². The van der Waals surface area contributed by atoms with Crippen LogP contribution in [0.3, 0.4) is 0 Å². The molecule has 0 aliphatic carbocycles. The largest absolute Gasteiger partial charge is 0.496 e. The molecule has 34 heavy (non-hydrogen) atoms. The third kappa shape index (κ3) is 4.33. The standard InChI is InChI=1S/C25H26ClN5O3/c1-3-31-24(14-19(29-31)18-9-8-17(26)13-22(18)33-2)28-25(32)34-15-16-7-10-21-20(12-16)27-23-6-4-5-11-30(21)23/h7-10,12-14H,3-6,11,15H2,1-2H3,(H,28,32). The summed E-state index contributed by atoms with van der Waals surface area (Å²) in [6.07, 6.45) is 2.83. The van der Waals surface area contributed by atoms with E-state index in [1.807, 2.05) is 25.1 Å². The highest BCUT2D eigenvalue weighted by Crippen LogP contribution is 2.33. The third-order valence-corrected chi connectivity index (χ3v) is 6.28. The topological polar surface area (TPSA) is 83.2 Å². The molecule has 2 aromatic heterocycles. The first kappa shape index (κ1) is 22.3. The zero-order valence-corrected chi connectivity index (χ0v) is 19.9. The quantitative estimate of drug-likeness (QED) is 0.385. The number of imidazole rings is 1. The Morgan fingerprint density at radius 2 is 2.06 bits per heavy atom. The molecule has 0 fully saturated rings. The number of ether oxygens (including phenoxy) is 2. The van der Waals surface area contributed by atoms with Gasteiger partial charge in [0.15, 0.2) is 0 Å². The molecule has 1 aliphatic rings. The number of halogens is 1. The first-order valence-corrected chi connectivity index (χ1v) is 11.8. The number of nitrogens with zero attached hydrogens (tertiary/aromatic N) is 4. The van der Waals surface area contributed by atoms with Gasteiger partial charge in [-0.1, -0.05) is 17.7 Å². The molecule has 0 unspecified atom stereocenters. The minimum Gasteiger partial charge on any atom is -0.496 e. The van der Waals surface area contributed by atoms with Gasteiger partial charge in [0.05, 0.1) is 23.8 Å². The lowest BCUT2D eigenvalue weighted by molar-refractivity contribution is 0.155. The number of rotatable bonds is 6. The van der Waals surface area contributed by atoms with Crippen molar-refractivity contribution in [1.29, 1.82) is 0 Å². The van der Waals surface area contributed by atoms with Crippen LogP contribution in [0.25, 0.3) is 22.3 Å². The van der Waals surface area contributed by atoms with Crippen molar-refractivity contribution in [2.45, 2.75) is 45.9 Å². The Morgan fingerprint density at radius 1 is 1.18 bits per heavy atom. The zero-order valence-electron chi connectivity index (χ0n) is 19.2. The van der Waals surface area contributed by atoms with Crippen molar-refractivity contribution in [3.05, 3.63) is 58.9 Å². The Bertz CT molecular complexity index is 1360. The lowest BCUT2D eigenvalue weighted by Gasteiger charge is -2.13. The van der Waals surface area contributed by atoms with Crippen molar-refractivity contribution < 1.29 is 14.3 Å². The highest BCUT2D eigenvalue weighted by atomic mass is 35.5. The summed E-state index contributed by atoms with van der Waals surface area (Å²) in [5, 5.41) is 7.96. The molecule has 0 bridgehead atoms. The van der Waals surface area contributed by atoms with Gasteiger partial charge in [-0.2, -0.15) is 5.10 Å². The van der Waals surface area contributed by atoms with E-state index < -0.39 is 6.09 Å². The van der Waals surface area contributed by atoms with Gasteiger partial charge < -0.3 is 14.0 Å². The van der Waals surface area contributed by atoms with Crippen LogP contribution in [0.2, 0.25) is 5.02 Å². The monoisotopic (exact) mass is 479 g/mol. The van der Waals surface area contributed by atoms with E-state index in [9.17, 15) is 4.79 Å².